The van der Waals surface area contributed by atoms with Gasteiger partial charge in [-0.2, -0.15) is 0 Å². The molecule has 25 heavy (non-hydrogen) atoms. The molecule has 2 heterocycles. The molecule has 2 aromatic rings. The minimum absolute atomic E-state index is 0.0196. The van der Waals surface area contributed by atoms with E-state index in [0.29, 0.717) is 17.1 Å². The summed E-state index contributed by atoms with van der Waals surface area (Å²) in [6, 6.07) is 5.85. The second-order valence-corrected chi connectivity index (χ2v) is 9.35. The molecule has 1 aliphatic rings. The second-order valence-electron chi connectivity index (χ2n) is 5.82. The summed E-state index contributed by atoms with van der Waals surface area (Å²) in [4.78, 5) is 16.4. The molecule has 0 saturated carbocycles. The van der Waals surface area contributed by atoms with Crippen LogP contribution in [0.4, 0.5) is 4.39 Å². The Hall–Kier alpha value is -1.94. The van der Waals surface area contributed by atoms with Gasteiger partial charge in [0.15, 0.2) is 15.7 Å². The first-order valence-corrected chi connectivity index (χ1v) is 10.4. The number of hydrogen-bond donors (Lipinski definition) is 2. The summed E-state index contributed by atoms with van der Waals surface area (Å²) in [6.07, 6.45) is 0.434. The van der Waals surface area contributed by atoms with Crippen LogP contribution < -0.4 is 5.32 Å². The number of sulfone groups is 1. The van der Waals surface area contributed by atoms with Crippen LogP contribution in [0.2, 0.25) is 0 Å². The fourth-order valence-corrected chi connectivity index (χ4v) is 4.92. The number of benzene rings is 1. The van der Waals surface area contributed by atoms with Crippen molar-refractivity contribution < 1.29 is 17.6 Å². The number of carbonyl (C=O) groups is 1. The SMILES string of the molecule is C[C@@H](Sc1n[nH]c(-c2ccccc2F)n1)C(=O)N[C@@H]1CCS(=O)(=O)C1. The lowest BCUT2D eigenvalue weighted by molar-refractivity contribution is -0.120. The third kappa shape index (κ3) is 4.37. The Morgan fingerprint density at radius 2 is 2.20 bits per heavy atom. The lowest BCUT2D eigenvalue weighted by atomic mass is 10.2. The van der Waals surface area contributed by atoms with Crippen LogP contribution in [-0.2, 0) is 14.6 Å². The molecule has 0 unspecified atom stereocenters. The van der Waals surface area contributed by atoms with Crippen molar-refractivity contribution in [2.75, 3.05) is 11.5 Å². The molecule has 1 aromatic heterocycles. The summed E-state index contributed by atoms with van der Waals surface area (Å²) in [5, 5.41) is 9.20. The predicted octanol–water partition coefficient (Wildman–Crippen LogP) is 1.39. The molecule has 1 amide bonds. The number of hydrogen-bond acceptors (Lipinski definition) is 6. The Balaban J connectivity index is 1.61. The van der Waals surface area contributed by atoms with Crippen molar-refractivity contribution >= 4 is 27.5 Å². The van der Waals surface area contributed by atoms with Gasteiger partial charge in [-0.05, 0) is 25.5 Å². The maximum atomic E-state index is 13.8. The van der Waals surface area contributed by atoms with Crippen molar-refractivity contribution in [3.05, 3.63) is 30.1 Å². The third-order valence-corrected chi connectivity index (χ3v) is 6.55. The Bertz CT molecular complexity index is 884. The Morgan fingerprint density at radius 3 is 2.88 bits per heavy atom. The van der Waals surface area contributed by atoms with Crippen LogP contribution in [0.3, 0.4) is 0 Å². The van der Waals surface area contributed by atoms with Gasteiger partial charge in [0.25, 0.3) is 0 Å². The smallest absolute Gasteiger partial charge is 0.233 e. The van der Waals surface area contributed by atoms with Gasteiger partial charge in [-0.15, -0.1) is 5.10 Å². The summed E-state index contributed by atoms with van der Waals surface area (Å²) < 4.78 is 36.6. The topological polar surface area (TPSA) is 105 Å². The monoisotopic (exact) mass is 384 g/mol. The first kappa shape index (κ1) is 17.9. The number of carbonyl (C=O) groups excluding carboxylic acids is 1. The van der Waals surface area contributed by atoms with Gasteiger partial charge in [-0.3, -0.25) is 9.89 Å². The van der Waals surface area contributed by atoms with Crippen molar-refractivity contribution in [1.82, 2.24) is 20.5 Å². The van der Waals surface area contributed by atoms with E-state index in [1.807, 2.05) is 0 Å². The van der Waals surface area contributed by atoms with Gasteiger partial charge in [-0.25, -0.2) is 17.8 Å². The zero-order chi connectivity index (χ0) is 18.0. The molecule has 0 radical (unpaired) electrons. The lowest BCUT2D eigenvalue weighted by Crippen LogP contribution is -2.39. The molecule has 2 atom stereocenters. The van der Waals surface area contributed by atoms with Gasteiger partial charge in [-0.1, -0.05) is 23.9 Å². The highest BCUT2D eigenvalue weighted by molar-refractivity contribution is 8.00. The van der Waals surface area contributed by atoms with Crippen molar-refractivity contribution in [3.8, 4) is 11.4 Å². The summed E-state index contributed by atoms with van der Waals surface area (Å²) in [5.41, 5.74) is 0.301. The number of halogens is 1. The molecule has 1 aliphatic heterocycles. The van der Waals surface area contributed by atoms with E-state index >= 15 is 0 Å². The second kappa shape index (κ2) is 7.12. The number of rotatable bonds is 5. The van der Waals surface area contributed by atoms with Crippen molar-refractivity contribution in [1.29, 1.82) is 0 Å². The summed E-state index contributed by atoms with van der Waals surface area (Å²) in [6.45, 7) is 1.68. The molecule has 7 nitrogen and oxygen atoms in total. The van der Waals surface area contributed by atoms with Gasteiger partial charge in [0, 0.05) is 6.04 Å². The van der Waals surface area contributed by atoms with E-state index in [4.69, 9.17) is 0 Å². The number of H-pyrrole nitrogens is 1. The number of nitrogens with zero attached hydrogens (tertiary/aromatic N) is 2. The average molecular weight is 384 g/mol. The van der Waals surface area contributed by atoms with E-state index < -0.39 is 20.9 Å². The van der Waals surface area contributed by atoms with Crippen molar-refractivity contribution in [2.45, 2.75) is 29.8 Å². The highest BCUT2D eigenvalue weighted by Crippen LogP contribution is 2.24. The molecule has 2 N–H and O–H groups in total. The Labute approximate surface area is 148 Å². The van der Waals surface area contributed by atoms with Crippen LogP contribution in [0, 0.1) is 5.82 Å². The number of aromatic amines is 1. The van der Waals surface area contributed by atoms with Gasteiger partial charge < -0.3 is 5.32 Å². The van der Waals surface area contributed by atoms with E-state index in [-0.39, 0.29) is 29.3 Å². The number of thioether (sulfide) groups is 1. The van der Waals surface area contributed by atoms with Gasteiger partial charge >= 0.3 is 0 Å². The number of nitrogens with one attached hydrogen (secondary N) is 2. The summed E-state index contributed by atoms with van der Waals surface area (Å²) in [7, 11) is -3.04. The lowest BCUT2D eigenvalue weighted by Gasteiger charge is -2.14. The van der Waals surface area contributed by atoms with Crippen molar-refractivity contribution in [3.63, 3.8) is 0 Å². The van der Waals surface area contributed by atoms with Crippen molar-refractivity contribution in [2.24, 2.45) is 0 Å². The van der Waals surface area contributed by atoms with Crippen LogP contribution >= 0.6 is 11.8 Å². The van der Waals surface area contributed by atoms with Crippen LogP contribution in [0.1, 0.15) is 13.3 Å². The van der Waals surface area contributed by atoms with Gasteiger partial charge in [0.2, 0.25) is 11.1 Å². The molecule has 3 rings (SSSR count). The first-order valence-electron chi connectivity index (χ1n) is 7.69. The molecule has 10 heteroatoms. The maximum Gasteiger partial charge on any atom is 0.233 e. The fraction of sp³-hybridized carbons (Fsp3) is 0.400. The molecule has 1 fully saturated rings. The number of amides is 1. The van der Waals surface area contributed by atoms with Gasteiger partial charge in [0.05, 0.1) is 22.3 Å². The molecule has 1 saturated heterocycles. The predicted molar refractivity (Wildman–Crippen MR) is 92.3 cm³/mol. The minimum atomic E-state index is -3.04. The zero-order valence-corrected chi connectivity index (χ0v) is 15.0. The quantitative estimate of drug-likeness (QED) is 0.755. The summed E-state index contributed by atoms with van der Waals surface area (Å²) >= 11 is 1.12. The molecule has 134 valence electrons. The van der Waals surface area contributed by atoms with Crippen LogP contribution in [-0.4, -0.2) is 52.3 Å². The molecular weight excluding hydrogens is 367 g/mol. The van der Waals surface area contributed by atoms with Crippen LogP contribution in [0.15, 0.2) is 29.4 Å². The summed E-state index contributed by atoms with van der Waals surface area (Å²) in [5.74, 6) is -0.316. The third-order valence-electron chi connectivity index (χ3n) is 3.82. The van der Waals surface area contributed by atoms with E-state index in [0.717, 1.165) is 11.8 Å². The van der Waals surface area contributed by atoms with E-state index in [9.17, 15) is 17.6 Å². The first-order chi connectivity index (χ1) is 11.8. The van der Waals surface area contributed by atoms with Crippen LogP contribution in [0.5, 0.6) is 0 Å². The standard InChI is InChI=1S/C15H17FN4O3S2/c1-9(14(21)17-10-6-7-25(22,23)8-10)24-15-18-13(19-20-15)11-4-2-3-5-12(11)16/h2-5,9-10H,6-8H2,1H3,(H,17,21)(H,18,19,20)/t9-,10-/m1/s1. The zero-order valence-electron chi connectivity index (χ0n) is 13.4. The maximum absolute atomic E-state index is 13.8. The molecule has 0 spiro atoms. The molecular formula is C15H17FN4O3S2. The number of aromatic nitrogens is 3. The van der Waals surface area contributed by atoms with E-state index in [2.05, 4.69) is 20.5 Å². The largest absolute Gasteiger partial charge is 0.351 e. The highest BCUT2D eigenvalue weighted by Gasteiger charge is 2.30. The molecule has 0 aliphatic carbocycles. The molecule has 0 bridgehead atoms. The fourth-order valence-electron chi connectivity index (χ4n) is 2.51. The average Bonchev–Trinajstić information content (AvgIpc) is 3.14. The van der Waals surface area contributed by atoms with E-state index in [1.165, 1.54) is 6.07 Å². The van der Waals surface area contributed by atoms with Gasteiger partial charge in [0.1, 0.15) is 5.82 Å². The molecule has 1 aromatic carbocycles. The Morgan fingerprint density at radius 1 is 1.44 bits per heavy atom. The highest BCUT2D eigenvalue weighted by atomic mass is 32.2. The van der Waals surface area contributed by atoms with Crippen LogP contribution in [0.25, 0.3) is 11.4 Å². The normalized spacial score (nSPS) is 20.3. The minimum Gasteiger partial charge on any atom is -0.351 e. The Kier molecular flexibility index (Phi) is 5.09. The van der Waals surface area contributed by atoms with E-state index in [1.54, 1.807) is 25.1 Å².